The molecule has 0 aromatic carbocycles. The van der Waals surface area contributed by atoms with Gasteiger partial charge in [-0.1, -0.05) is 51.6 Å². The number of hydrogen-bond donors (Lipinski definition) is 0. The lowest BCUT2D eigenvalue weighted by Gasteiger charge is -2.36. The van der Waals surface area contributed by atoms with E-state index in [1.807, 2.05) is 13.0 Å². The van der Waals surface area contributed by atoms with Crippen molar-refractivity contribution in [2.45, 2.75) is 70.8 Å². The largest absolute Gasteiger partial charge is 0.367 e. The van der Waals surface area contributed by atoms with E-state index in [0.717, 1.165) is 24.4 Å². The van der Waals surface area contributed by atoms with Gasteiger partial charge in [0, 0.05) is 12.0 Å². The van der Waals surface area contributed by atoms with Gasteiger partial charge in [-0.25, -0.2) is 9.97 Å². The lowest BCUT2D eigenvalue weighted by atomic mass is 9.83. The van der Waals surface area contributed by atoms with Crippen LogP contribution in [0.1, 0.15) is 71.3 Å². The summed E-state index contributed by atoms with van der Waals surface area (Å²) < 4.78 is 6.10. The average molecular weight is 297 g/mol. The van der Waals surface area contributed by atoms with Crippen molar-refractivity contribution in [3.63, 3.8) is 0 Å². The highest BCUT2D eigenvalue weighted by molar-refractivity contribution is 6.29. The van der Waals surface area contributed by atoms with Crippen LogP contribution in [0.2, 0.25) is 5.15 Å². The first-order chi connectivity index (χ1) is 9.37. The smallest absolute Gasteiger partial charge is 0.162 e. The number of hydrogen-bond acceptors (Lipinski definition) is 3. The van der Waals surface area contributed by atoms with Crippen molar-refractivity contribution in [1.82, 2.24) is 9.97 Å². The van der Waals surface area contributed by atoms with Gasteiger partial charge in [0.05, 0.1) is 5.69 Å². The molecule has 112 valence electrons. The van der Waals surface area contributed by atoms with Gasteiger partial charge in [-0.05, 0) is 25.8 Å². The van der Waals surface area contributed by atoms with E-state index in [1.54, 1.807) is 0 Å². The molecule has 0 amide bonds. The maximum absolute atomic E-state index is 6.23. The van der Waals surface area contributed by atoms with E-state index < -0.39 is 0 Å². The highest BCUT2D eigenvalue weighted by atomic mass is 35.5. The minimum atomic E-state index is -0.335. The van der Waals surface area contributed by atoms with Gasteiger partial charge < -0.3 is 4.74 Å². The zero-order chi connectivity index (χ0) is 14.8. The molecular weight excluding hydrogens is 272 g/mol. The van der Waals surface area contributed by atoms with Gasteiger partial charge in [0.25, 0.3) is 0 Å². The van der Waals surface area contributed by atoms with Crippen LogP contribution in [-0.2, 0) is 15.8 Å². The molecule has 0 saturated heterocycles. The molecule has 1 aliphatic carbocycles. The summed E-state index contributed by atoms with van der Waals surface area (Å²) in [5, 5.41) is 0.518. The van der Waals surface area contributed by atoms with E-state index in [0.29, 0.717) is 11.8 Å². The molecule has 3 nitrogen and oxygen atoms in total. The summed E-state index contributed by atoms with van der Waals surface area (Å²) in [6.45, 7) is 9.14. The summed E-state index contributed by atoms with van der Waals surface area (Å²) in [6, 6.07) is 1.87. The molecular formula is C16H25ClN2O. The quantitative estimate of drug-likeness (QED) is 0.763. The Hall–Kier alpha value is -0.670. The normalized spacial score (nSPS) is 19.1. The summed E-state index contributed by atoms with van der Waals surface area (Å²) in [5.41, 5.74) is 0.610. The van der Waals surface area contributed by atoms with Crippen molar-refractivity contribution >= 4 is 11.6 Å². The Morgan fingerprint density at radius 1 is 1.20 bits per heavy atom. The van der Waals surface area contributed by atoms with Crippen LogP contribution in [0.25, 0.3) is 0 Å². The Balaban J connectivity index is 2.45. The molecule has 4 heteroatoms. The molecule has 0 unspecified atom stereocenters. The molecule has 1 aromatic rings. The third-order valence-corrected chi connectivity index (χ3v) is 4.15. The van der Waals surface area contributed by atoms with Gasteiger partial charge in [-0.15, -0.1) is 0 Å². The first kappa shape index (κ1) is 15.7. The second-order valence-electron chi connectivity index (χ2n) is 6.64. The van der Waals surface area contributed by atoms with Crippen molar-refractivity contribution < 1.29 is 4.74 Å². The first-order valence-corrected chi connectivity index (χ1v) is 7.95. The molecule has 20 heavy (non-hydrogen) atoms. The molecule has 1 aliphatic rings. The molecule has 0 N–H and O–H groups in total. The monoisotopic (exact) mass is 296 g/mol. The van der Waals surface area contributed by atoms with E-state index in [4.69, 9.17) is 21.3 Å². The molecule has 0 atom stereocenters. The van der Waals surface area contributed by atoms with Crippen LogP contribution in [0.3, 0.4) is 0 Å². The van der Waals surface area contributed by atoms with Crippen LogP contribution in [0.15, 0.2) is 6.07 Å². The minimum Gasteiger partial charge on any atom is -0.367 e. The Morgan fingerprint density at radius 3 is 2.40 bits per heavy atom. The SMILES string of the molecule is CCOC1(c2nc(Cl)cc(C(C)(C)C)n2)CCCCC1. The molecule has 0 spiro atoms. The Kier molecular flexibility index (Phi) is 4.70. The van der Waals surface area contributed by atoms with E-state index in [-0.39, 0.29) is 11.0 Å². The second kappa shape index (κ2) is 5.98. The lowest BCUT2D eigenvalue weighted by molar-refractivity contribution is -0.0769. The van der Waals surface area contributed by atoms with Gasteiger partial charge in [0.15, 0.2) is 5.82 Å². The van der Waals surface area contributed by atoms with Gasteiger partial charge >= 0.3 is 0 Å². The zero-order valence-electron chi connectivity index (χ0n) is 13.0. The molecule has 1 saturated carbocycles. The maximum Gasteiger partial charge on any atom is 0.162 e. The first-order valence-electron chi connectivity index (χ1n) is 7.57. The molecule has 2 rings (SSSR count). The summed E-state index contributed by atoms with van der Waals surface area (Å²) >= 11 is 6.23. The third-order valence-electron chi connectivity index (χ3n) is 3.95. The van der Waals surface area contributed by atoms with Crippen molar-refractivity contribution in [3.8, 4) is 0 Å². The van der Waals surface area contributed by atoms with Crippen LogP contribution >= 0.6 is 11.6 Å². The number of rotatable bonds is 3. The molecule has 0 bridgehead atoms. The highest BCUT2D eigenvalue weighted by Gasteiger charge is 2.38. The molecule has 0 radical (unpaired) electrons. The Labute approximate surface area is 127 Å². The van der Waals surface area contributed by atoms with Crippen molar-refractivity contribution in [1.29, 1.82) is 0 Å². The van der Waals surface area contributed by atoms with Gasteiger partial charge in [0.2, 0.25) is 0 Å². The number of ether oxygens (including phenoxy) is 1. The second-order valence-corrected chi connectivity index (χ2v) is 7.02. The topological polar surface area (TPSA) is 35.0 Å². The number of halogens is 1. The zero-order valence-corrected chi connectivity index (χ0v) is 13.8. The van der Waals surface area contributed by atoms with Crippen LogP contribution in [0, 0.1) is 0 Å². The summed E-state index contributed by atoms with van der Waals surface area (Å²) in [6.07, 6.45) is 5.58. The summed E-state index contributed by atoms with van der Waals surface area (Å²) in [5.74, 6) is 0.775. The van der Waals surface area contributed by atoms with Crippen LogP contribution < -0.4 is 0 Å². The molecule has 1 heterocycles. The Bertz CT molecular complexity index is 457. The maximum atomic E-state index is 6.23. The summed E-state index contributed by atoms with van der Waals surface area (Å²) in [4.78, 5) is 9.29. The molecule has 1 aromatic heterocycles. The van der Waals surface area contributed by atoms with Gasteiger partial charge in [-0.2, -0.15) is 0 Å². The molecule has 1 fully saturated rings. The van der Waals surface area contributed by atoms with Gasteiger partial charge in [-0.3, -0.25) is 0 Å². The fourth-order valence-corrected chi connectivity index (χ4v) is 3.02. The van der Waals surface area contributed by atoms with Crippen LogP contribution in [0.4, 0.5) is 0 Å². The number of nitrogens with zero attached hydrogens (tertiary/aromatic N) is 2. The van der Waals surface area contributed by atoms with E-state index in [9.17, 15) is 0 Å². The lowest BCUT2D eigenvalue weighted by Crippen LogP contribution is -2.35. The minimum absolute atomic E-state index is 0.0383. The van der Waals surface area contributed by atoms with Crippen LogP contribution in [-0.4, -0.2) is 16.6 Å². The fraction of sp³-hybridized carbons (Fsp3) is 0.750. The average Bonchev–Trinajstić information content (AvgIpc) is 2.38. The predicted octanol–water partition coefficient (Wildman–Crippen LogP) is 4.62. The highest BCUT2D eigenvalue weighted by Crippen LogP contribution is 2.40. The van der Waals surface area contributed by atoms with Crippen molar-refractivity contribution in [3.05, 3.63) is 22.7 Å². The summed E-state index contributed by atoms with van der Waals surface area (Å²) in [7, 11) is 0. The Morgan fingerprint density at radius 2 is 1.85 bits per heavy atom. The van der Waals surface area contributed by atoms with E-state index in [1.165, 1.54) is 19.3 Å². The van der Waals surface area contributed by atoms with Crippen molar-refractivity contribution in [2.24, 2.45) is 0 Å². The van der Waals surface area contributed by atoms with E-state index in [2.05, 4.69) is 25.8 Å². The standard InChI is InChI=1S/C16H25ClN2O/c1-5-20-16(9-7-6-8-10-16)14-18-12(15(2,3)4)11-13(17)19-14/h11H,5-10H2,1-4H3. The van der Waals surface area contributed by atoms with Crippen LogP contribution in [0.5, 0.6) is 0 Å². The molecule has 0 aliphatic heterocycles. The number of aromatic nitrogens is 2. The van der Waals surface area contributed by atoms with E-state index >= 15 is 0 Å². The van der Waals surface area contributed by atoms with Gasteiger partial charge in [0.1, 0.15) is 10.8 Å². The predicted molar refractivity (Wildman–Crippen MR) is 82.1 cm³/mol. The third kappa shape index (κ3) is 3.32. The van der Waals surface area contributed by atoms with Crippen molar-refractivity contribution in [2.75, 3.05) is 6.61 Å². The fourth-order valence-electron chi connectivity index (χ4n) is 2.84.